The van der Waals surface area contributed by atoms with E-state index in [2.05, 4.69) is 170 Å². The third kappa shape index (κ3) is 4.75. The van der Waals surface area contributed by atoms with Gasteiger partial charge in [-0.3, -0.25) is 0 Å². The fourth-order valence-corrected chi connectivity index (χ4v) is 7.46. The lowest BCUT2D eigenvalue weighted by Crippen LogP contribution is -2.50. The number of aromatic nitrogens is 1. The summed E-state index contributed by atoms with van der Waals surface area (Å²) in [6, 6.07) is 60.3. The van der Waals surface area contributed by atoms with Crippen LogP contribution in [-0.2, 0) is 6.42 Å². The molecule has 0 saturated heterocycles. The van der Waals surface area contributed by atoms with E-state index in [-0.39, 0.29) is 5.54 Å². The molecule has 228 valence electrons. The number of hydrogen-bond donors (Lipinski definition) is 0. The SMILES string of the molecule is CC12Cc3ccccc3N1c1ccccc1N=C2c1cccc(-c2ccc(-c3cc(-c4ccccc4)nc(-c4ccccc4)c3)cc2)c1. The van der Waals surface area contributed by atoms with Crippen molar-refractivity contribution < 1.29 is 0 Å². The number of benzene rings is 6. The van der Waals surface area contributed by atoms with Gasteiger partial charge in [-0.15, -0.1) is 0 Å². The minimum absolute atomic E-state index is 0.283. The summed E-state index contributed by atoms with van der Waals surface area (Å²) in [7, 11) is 0. The first-order valence-corrected chi connectivity index (χ1v) is 16.5. The zero-order chi connectivity index (χ0) is 32.1. The van der Waals surface area contributed by atoms with Gasteiger partial charge in [-0.1, -0.05) is 133 Å². The molecule has 48 heavy (non-hydrogen) atoms. The maximum Gasteiger partial charge on any atom is 0.0892 e. The van der Waals surface area contributed by atoms with Crippen molar-refractivity contribution in [3.05, 3.63) is 181 Å². The van der Waals surface area contributed by atoms with E-state index >= 15 is 0 Å². The summed E-state index contributed by atoms with van der Waals surface area (Å²) >= 11 is 0. The van der Waals surface area contributed by atoms with Crippen molar-refractivity contribution in [3.63, 3.8) is 0 Å². The number of para-hydroxylation sites is 3. The minimum Gasteiger partial charge on any atom is -0.327 e. The zero-order valence-electron chi connectivity index (χ0n) is 26.7. The second-order valence-electron chi connectivity index (χ2n) is 12.9. The van der Waals surface area contributed by atoms with E-state index in [1.165, 1.54) is 28.1 Å². The minimum atomic E-state index is -0.283. The molecule has 7 aromatic rings. The van der Waals surface area contributed by atoms with Crippen LogP contribution in [0.3, 0.4) is 0 Å². The summed E-state index contributed by atoms with van der Waals surface area (Å²) in [6.07, 6.45) is 0.914. The maximum absolute atomic E-state index is 5.34. The summed E-state index contributed by atoms with van der Waals surface area (Å²) in [5, 5.41) is 0. The summed E-state index contributed by atoms with van der Waals surface area (Å²) in [4.78, 5) is 12.9. The second-order valence-corrected chi connectivity index (χ2v) is 12.9. The lowest BCUT2D eigenvalue weighted by molar-refractivity contribution is 0.635. The molecule has 2 aliphatic rings. The van der Waals surface area contributed by atoms with Crippen molar-refractivity contribution in [2.75, 3.05) is 4.90 Å². The Labute approximate surface area is 281 Å². The van der Waals surface area contributed by atoms with Crippen molar-refractivity contribution in [1.29, 1.82) is 0 Å². The van der Waals surface area contributed by atoms with Crippen molar-refractivity contribution >= 4 is 22.8 Å². The summed E-state index contributed by atoms with van der Waals surface area (Å²) in [6.45, 7) is 2.34. The molecule has 3 heteroatoms. The van der Waals surface area contributed by atoms with Gasteiger partial charge in [-0.25, -0.2) is 9.98 Å². The van der Waals surface area contributed by atoms with E-state index in [1.807, 2.05) is 12.1 Å². The van der Waals surface area contributed by atoms with Gasteiger partial charge in [-0.05, 0) is 76.7 Å². The molecule has 0 amide bonds. The molecular weight excluding hydrogens is 583 g/mol. The van der Waals surface area contributed by atoms with E-state index in [4.69, 9.17) is 9.98 Å². The van der Waals surface area contributed by atoms with Crippen molar-refractivity contribution in [3.8, 4) is 44.8 Å². The summed E-state index contributed by atoms with van der Waals surface area (Å²) in [5.41, 5.74) is 15.6. The number of anilines is 2. The standard InChI is InChI=1S/C45H33N3/c1-45-30-37-17-8-10-21-42(37)48(45)43-22-11-9-20-39(43)47-44(45)36-19-12-18-35(27-36)31-23-25-32(26-24-31)38-28-40(33-13-4-2-5-14-33)46-41(29-38)34-15-6-3-7-16-34/h2-29H,30H2,1H3. The molecule has 1 aromatic heterocycles. The molecule has 0 spiro atoms. The van der Waals surface area contributed by atoms with Gasteiger partial charge in [0, 0.05) is 23.2 Å². The topological polar surface area (TPSA) is 28.5 Å². The molecule has 3 nitrogen and oxygen atoms in total. The van der Waals surface area contributed by atoms with E-state index < -0.39 is 0 Å². The highest BCUT2D eigenvalue weighted by atomic mass is 15.3. The van der Waals surface area contributed by atoms with Crippen molar-refractivity contribution in [2.45, 2.75) is 18.9 Å². The van der Waals surface area contributed by atoms with Gasteiger partial charge < -0.3 is 4.90 Å². The smallest absolute Gasteiger partial charge is 0.0892 e. The molecule has 0 aliphatic carbocycles. The number of pyridine rings is 1. The van der Waals surface area contributed by atoms with E-state index in [1.54, 1.807) is 0 Å². The van der Waals surface area contributed by atoms with Crippen LogP contribution in [0.5, 0.6) is 0 Å². The van der Waals surface area contributed by atoms with Crippen LogP contribution in [0.25, 0.3) is 44.8 Å². The fraction of sp³-hybridized carbons (Fsp3) is 0.0667. The zero-order valence-corrected chi connectivity index (χ0v) is 26.7. The Morgan fingerprint density at radius 2 is 1.00 bits per heavy atom. The highest BCUT2D eigenvalue weighted by molar-refractivity contribution is 6.15. The van der Waals surface area contributed by atoms with Crippen LogP contribution in [0.1, 0.15) is 18.1 Å². The van der Waals surface area contributed by atoms with Crippen LogP contribution in [0.2, 0.25) is 0 Å². The molecule has 3 heterocycles. The molecule has 0 bridgehead atoms. The third-order valence-electron chi connectivity index (χ3n) is 9.78. The Morgan fingerprint density at radius 3 is 1.69 bits per heavy atom. The Kier molecular flexibility index (Phi) is 6.65. The number of fused-ring (bicyclic) bond motifs is 5. The first-order valence-electron chi connectivity index (χ1n) is 16.5. The van der Waals surface area contributed by atoms with Crippen LogP contribution < -0.4 is 4.90 Å². The van der Waals surface area contributed by atoms with Crippen molar-refractivity contribution in [1.82, 2.24) is 4.98 Å². The highest BCUT2D eigenvalue weighted by Gasteiger charge is 2.47. The van der Waals surface area contributed by atoms with Crippen LogP contribution in [0.15, 0.2) is 175 Å². The lowest BCUT2D eigenvalue weighted by atomic mass is 9.83. The average Bonchev–Trinajstić information content (AvgIpc) is 3.48. The molecule has 0 N–H and O–H groups in total. The number of nitrogens with zero attached hydrogens (tertiary/aromatic N) is 3. The third-order valence-corrected chi connectivity index (χ3v) is 9.78. The quantitative estimate of drug-likeness (QED) is 0.193. The molecule has 0 saturated carbocycles. The Hall–Kier alpha value is -6.06. The number of rotatable bonds is 5. The monoisotopic (exact) mass is 615 g/mol. The van der Waals surface area contributed by atoms with Gasteiger partial charge in [0.2, 0.25) is 0 Å². The molecule has 0 radical (unpaired) electrons. The van der Waals surface area contributed by atoms with E-state index in [0.29, 0.717) is 0 Å². The molecule has 9 rings (SSSR count). The maximum atomic E-state index is 5.34. The highest BCUT2D eigenvalue weighted by Crippen LogP contribution is 2.51. The molecule has 6 aromatic carbocycles. The van der Waals surface area contributed by atoms with Gasteiger partial charge in [0.05, 0.1) is 34.0 Å². The Balaban J connectivity index is 1.09. The molecule has 2 aliphatic heterocycles. The summed E-state index contributed by atoms with van der Waals surface area (Å²) in [5.74, 6) is 0. The van der Waals surface area contributed by atoms with Gasteiger partial charge >= 0.3 is 0 Å². The predicted molar refractivity (Wildman–Crippen MR) is 199 cm³/mol. The van der Waals surface area contributed by atoms with Crippen LogP contribution in [-0.4, -0.2) is 16.2 Å². The normalized spacial score (nSPS) is 16.1. The molecular formula is C45H33N3. The number of aliphatic imine (C=N–C) groups is 1. The largest absolute Gasteiger partial charge is 0.327 e. The first-order chi connectivity index (χ1) is 23.6. The molecule has 0 fully saturated rings. The van der Waals surface area contributed by atoms with Crippen molar-refractivity contribution in [2.24, 2.45) is 4.99 Å². The van der Waals surface area contributed by atoms with E-state index in [0.717, 1.165) is 57.0 Å². The number of hydrogen-bond acceptors (Lipinski definition) is 3. The van der Waals surface area contributed by atoms with Gasteiger partial charge in [0.15, 0.2) is 0 Å². The van der Waals surface area contributed by atoms with Crippen LogP contribution in [0, 0.1) is 0 Å². The lowest BCUT2D eigenvalue weighted by Gasteiger charge is -2.42. The molecule has 1 unspecified atom stereocenters. The van der Waals surface area contributed by atoms with Gasteiger partial charge in [-0.2, -0.15) is 0 Å². The van der Waals surface area contributed by atoms with E-state index in [9.17, 15) is 0 Å². The first kappa shape index (κ1) is 28.2. The van der Waals surface area contributed by atoms with Gasteiger partial charge in [0.25, 0.3) is 0 Å². The average molecular weight is 616 g/mol. The summed E-state index contributed by atoms with van der Waals surface area (Å²) < 4.78 is 0. The molecule has 1 atom stereocenters. The Morgan fingerprint density at radius 1 is 0.458 bits per heavy atom. The second kappa shape index (κ2) is 11.3. The van der Waals surface area contributed by atoms with Gasteiger partial charge in [0.1, 0.15) is 0 Å². The van der Waals surface area contributed by atoms with Crippen LogP contribution in [0.4, 0.5) is 17.1 Å². The van der Waals surface area contributed by atoms with Crippen LogP contribution >= 0.6 is 0 Å². The fourth-order valence-electron chi connectivity index (χ4n) is 7.46. The predicted octanol–water partition coefficient (Wildman–Crippen LogP) is 11.3. The Bertz CT molecular complexity index is 2270.